The molecule has 0 atom stereocenters. The van der Waals surface area contributed by atoms with Crippen molar-refractivity contribution in [2.24, 2.45) is 0 Å². The number of benzene rings is 1. The number of pyridine rings is 1. The number of carbonyl (C=O) groups is 1. The monoisotopic (exact) mass is 329 g/mol. The third-order valence-electron chi connectivity index (χ3n) is 3.61. The molecule has 0 aliphatic heterocycles. The van der Waals surface area contributed by atoms with Gasteiger partial charge in [-0.2, -0.15) is 0 Å². The standard InChI is InChI=1S/C19H20ClNO2/c1-4-5-15(11-14-6-8-16(20)9-7-14)18(22)17-12(2)10-13(3)21-19(17)23/h6-11H,4-5H2,1-3H3,(H,21,23). The number of ketones is 1. The number of hydrogen-bond acceptors (Lipinski definition) is 2. The molecule has 23 heavy (non-hydrogen) atoms. The predicted molar refractivity (Wildman–Crippen MR) is 95.2 cm³/mol. The van der Waals surface area contributed by atoms with Gasteiger partial charge < -0.3 is 4.98 Å². The lowest BCUT2D eigenvalue weighted by Gasteiger charge is -2.09. The van der Waals surface area contributed by atoms with Crippen molar-refractivity contribution in [3.8, 4) is 0 Å². The van der Waals surface area contributed by atoms with Crippen LogP contribution in [0.25, 0.3) is 6.08 Å². The van der Waals surface area contributed by atoms with Crippen LogP contribution in [0.1, 0.15) is 46.9 Å². The van der Waals surface area contributed by atoms with E-state index in [2.05, 4.69) is 4.98 Å². The average molecular weight is 330 g/mol. The Balaban J connectivity index is 2.47. The Bertz CT molecular complexity index is 801. The molecular weight excluding hydrogens is 310 g/mol. The van der Waals surface area contributed by atoms with Gasteiger partial charge in [-0.25, -0.2) is 0 Å². The second-order valence-electron chi connectivity index (χ2n) is 5.64. The van der Waals surface area contributed by atoms with Crippen LogP contribution >= 0.6 is 11.6 Å². The van der Waals surface area contributed by atoms with E-state index in [0.717, 1.165) is 17.7 Å². The van der Waals surface area contributed by atoms with E-state index >= 15 is 0 Å². The van der Waals surface area contributed by atoms with Crippen LogP contribution in [0, 0.1) is 13.8 Å². The summed E-state index contributed by atoms with van der Waals surface area (Å²) in [6, 6.07) is 9.10. The Labute approximate surface area is 141 Å². The number of Topliss-reactive ketones (excluding diaryl/α,β-unsaturated/α-hetero) is 1. The lowest BCUT2D eigenvalue weighted by molar-refractivity contribution is 0.103. The summed E-state index contributed by atoms with van der Waals surface area (Å²) in [5.74, 6) is -0.208. The number of nitrogens with one attached hydrogen (secondary N) is 1. The fourth-order valence-corrected chi connectivity index (χ4v) is 2.70. The molecular formula is C19H20ClNO2. The minimum absolute atomic E-state index is 0.208. The number of aromatic amines is 1. The van der Waals surface area contributed by atoms with Crippen molar-refractivity contribution in [3.05, 3.63) is 73.7 Å². The van der Waals surface area contributed by atoms with Gasteiger partial charge in [0.05, 0.1) is 5.56 Å². The van der Waals surface area contributed by atoms with Crippen LogP contribution in [-0.4, -0.2) is 10.8 Å². The lowest BCUT2D eigenvalue weighted by Crippen LogP contribution is -2.21. The number of rotatable bonds is 5. The Hall–Kier alpha value is -2.13. The highest BCUT2D eigenvalue weighted by Crippen LogP contribution is 2.19. The summed E-state index contributed by atoms with van der Waals surface area (Å²) in [4.78, 5) is 27.7. The molecule has 1 heterocycles. The van der Waals surface area contributed by atoms with Gasteiger partial charge in [-0.3, -0.25) is 9.59 Å². The molecule has 0 fully saturated rings. The van der Waals surface area contributed by atoms with Crippen molar-refractivity contribution in [1.82, 2.24) is 4.98 Å². The summed E-state index contributed by atoms with van der Waals surface area (Å²) in [5, 5.41) is 0.649. The Morgan fingerprint density at radius 2 is 1.87 bits per heavy atom. The van der Waals surface area contributed by atoms with E-state index in [-0.39, 0.29) is 16.9 Å². The molecule has 120 valence electrons. The number of carbonyl (C=O) groups excluding carboxylic acids is 1. The highest BCUT2D eigenvalue weighted by Gasteiger charge is 2.18. The summed E-state index contributed by atoms with van der Waals surface area (Å²) in [5.41, 5.74) is 2.88. The highest BCUT2D eigenvalue weighted by atomic mass is 35.5. The van der Waals surface area contributed by atoms with Gasteiger partial charge in [0.1, 0.15) is 0 Å². The molecule has 2 aromatic rings. The van der Waals surface area contributed by atoms with Crippen LogP contribution in [0.4, 0.5) is 0 Å². The second kappa shape index (κ2) is 7.42. The maximum atomic E-state index is 12.8. The molecule has 0 aliphatic rings. The summed E-state index contributed by atoms with van der Waals surface area (Å²) in [6.07, 6.45) is 3.28. The molecule has 0 bridgehead atoms. The van der Waals surface area contributed by atoms with E-state index < -0.39 is 0 Å². The van der Waals surface area contributed by atoms with Crippen molar-refractivity contribution >= 4 is 23.5 Å². The molecule has 0 saturated carbocycles. The van der Waals surface area contributed by atoms with Crippen molar-refractivity contribution < 1.29 is 4.79 Å². The number of halogens is 1. The Morgan fingerprint density at radius 1 is 1.22 bits per heavy atom. The van der Waals surface area contributed by atoms with Crippen molar-refractivity contribution in [3.63, 3.8) is 0 Å². The number of aromatic nitrogens is 1. The molecule has 4 heteroatoms. The quantitative estimate of drug-likeness (QED) is 0.638. The summed E-state index contributed by atoms with van der Waals surface area (Å²) in [7, 11) is 0. The zero-order valence-corrected chi connectivity index (χ0v) is 14.3. The minimum Gasteiger partial charge on any atom is -0.326 e. The molecule has 0 amide bonds. The summed E-state index contributed by atoms with van der Waals surface area (Å²) < 4.78 is 0. The summed E-state index contributed by atoms with van der Waals surface area (Å²) in [6.45, 7) is 5.61. The van der Waals surface area contributed by atoms with E-state index in [4.69, 9.17) is 11.6 Å². The third kappa shape index (κ3) is 4.20. The van der Waals surface area contributed by atoms with Crippen LogP contribution < -0.4 is 5.56 Å². The molecule has 0 spiro atoms. The molecule has 1 aromatic carbocycles. The van der Waals surface area contributed by atoms with Crippen LogP contribution in [0.15, 0.2) is 40.7 Å². The smallest absolute Gasteiger partial charge is 0.259 e. The van der Waals surface area contributed by atoms with Crippen molar-refractivity contribution in [2.45, 2.75) is 33.6 Å². The zero-order chi connectivity index (χ0) is 17.0. The SMILES string of the molecule is CCCC(=Cc1ccc(Cl)cc1)C(=O)c1c(C)cc(C)[nH]c1=O. The maximum absolute atomic E-state index is 12.8. The van der Waals surface area contributed by atoms with Gasteiger partial charge in [-0.15, -0.1) is 0 Å². The molecule has 1 N–H and O–H groups in total. The van der Waals surface area contributed by atoms with Gasteiger partial charge >= 0.3 is 0 Å². The minimum atomic E-state index is -0.328. The Kier molecular flexibility index (Phi) is 5.56. The first-order valence-electron chi connectivity index (χ1n) is 7.63. The van der Waals surface area contributed by atoms with E-state index in [1.54, 1.807) is 26.0 Å². The van der Waals surface area contributed by atoms with Gasteiger partial charge in [0.2, 0.25) is 0 Å². The van der Waals surface area contributed by atoms with Crippen molar-refractivity contribution in [1.29, 1.82) is 0 Å². The molecule has 0 aliphatic carbocycles. The highest BCUT2D eigenvalue weighted by molar-refractivity contribution is 6.30. The molecule has 0 saturated heterocycles. The number of aryl methyl sites for hydroxylation is 2. The maximum Gasteiger partial charge on any atom is 0.259 e. The molecule has 0 radical (unpaired) electrons. The molecule has 2 rings (SSSR count). The number of H-pyrrole nitrogens is 1. The van der Waals surface area contributed by atoms with Crippen molar-refractivity contribution in [2.75, 3.05) is 0 Å². The van der Waals surface area contributed by atoms with Gasteiger partial charge in [0.25, 0.3) is 5.56 Å². The van der Waals surface area contributed by atoms with Gasteiger partial charge in [0, 0.05) is 16.3 Å². The lowest BCUT2D eigenvalue weighted by atomic mass is 9.95. The first-order valence-corrected chi connectivity index (χ1v) is 8.01. The zero-order valence-electron chi connectivity index (χ0n) is 13.6. The molecule has 0 unspecified atom stereocenters. The summed E-state index contributed by atoms with van der Waals surface area (Å²) >= 11 is 5.89. The fourth-order valence-electron chi connectivity index (χ4n) is 2.58. The first-order chi connectivity index (χ1) is 10.9. The van der Waals surface area contributed by atoms with Crippen LogP contribution in [0.3, 0.4) is 0 Å². The Morgan fingerprint density at radius 3 is 2.43 bits per heavy atom. The van der Waals surface area contributed by atoms with Crippen LogP contribution in [0.2, 0.25) is 5.02 Å². The van der Waals surface area contributed by atoms with E-state index in [0.29, 0.717) is 22.6 Å². The van der Waals surface area contributed by atoms with E-state index in [1.807, 2.05) is 31.2 Å². The average Bonchev–Trinajstić information content (AvgIpc) is 2.47. The number of allylic oxidation sites excluding steroid dienone is 1. The predicted octanol–water partition coefficient (Wildman–Crippen LogP) is 4.71. The van der Waals surface area contributed by atoms with Gasteiger partial charge in [-0.05, 0) is 55.7 Å². The topological polar surface area (TPSA) is 49.9 Å². The van der Waals surface area contributed by atoms with Crippen LogP contribution in [-0.2, 0) is 0 Å². The normalized spacial score (nSPS) is 11.6. The van der Waals surface area contributed by atoms with E-state index in [1.165, 1.54) is 0 Å². The molecule has 3 nitrogen and oxygen atoms in total. The number of hydrogen-bond donors (Lipinski definition) is 1. The largest absolute Gasteiger partial charge is 0.326 e. The first kappa shape index (κ1) is 17.2. The molecule has 1 aromatic heterocycles. The third-order valence-corrected chi connectivity index (χ3v) is 3.87. The van der Waals surface area contributed by atoms with Gasteiger partial charge in [0.15, 0.2) is 5.78 Å². The second-order valence-corrected chi connectivity index (χ2v) is 6.08. The fraction of sp³-hybridized carbons (Fsp3) is 0.263. The van der Waals surface area contributed by atoms with E-state index in [9.17, 15) is 9.59 Å². The van der Waals surface area contributed by atoms with Crippen LogP contribution in [0.5, 0.6) is 0 Å². The van der Waals surface area contributed by atoms with Gasteiger partial charge in [-0.1, -0.05) is 37.1 Å².